The van der Waals surface area contributed by atoms with Crippen LogP contribution in [0.4, 0.5) is 4.39 Å². The number of ether oxygens (including phenoxy) is 5. The molecule has 33 heavy (non-hydrogen) atoms. The molecule has 0 radical (unpaired) electrons. The number of carbonyl (C=O) groups excluding carboxylic acids is 1. The molecule has 0 amide bonds. The van der Waals surface area contributed by atoms with E-state index in [-0.39, 0.29) is 24.0 Å². The van der Waals surface area contributed by atoms with Crippen LogP contribution in [0, 0.1) is 12.7 Å². The van der Waals surface area contributed by atoms with Gasteiger partial charge in [0.15, 0.2) is 17.3 Å². The molecule has 7 heteroatoms. The van der Waals surface area contributed by atoms with E-state index in [0.717, 1.165) is 11.1 Å². The van der Waals surface area contributed by atoms with Crippen molar-refractivity contribution in [3.8, 4) is 28.7 Å². The fourth-order valence-corrected chi connectivity index (χ4v) is 3.64. The van der Waals surface area contributed by atoms with E-state index in [1.54, 1.807) is 42.5 Å². The van der Waals surface area contributed by atoms with Gasteiger partial charge >= 0.3 is 0 Å². The third kappa shape index (κ3) is 4.48. The molecule has 1 aliphatic heterocycles. The zero-order chi connectivity index (χ0) is 23.5. The summed E-state index contributed by atoms with van der Waals surface area (Å²) in [6.45, 7) is 2.09. The first-order valence-corrected chi connectivity index (χ1v) is 10.2. The molecule has 0 saturated carbocycles. The maximum absolute atomic E-state index is 13.1. The molecule has 3 aromatic carbocycles. The summed E-state index contributed by atoms with van der Waals surface area (Å²) in [6.07, 6.45) is 1.63. The van der Waals surface area contributed by atoms with Crippen molar-refractivity contribution < 1.29 is 32.9 Å². The summed E-state index contributed by atoms with van der Waals surface area (Å²) in [5.74, 6) is 2.04. The lowest BCUT2D eigenvalue weighted by molar-refractivity contribution is 0.101. The Morgan fingerprint density at radius 3 is 2.21 bits per heavy atom. The normalized spacial score (nSPS) is 13.5. The lowest BCUT2D eigenvalue weighted by Gasteiger charge is -2.13. The second kappa shape index (κ2) is 9.24. The molecular formula is C26H23FO6. The first-order valence-electron chi connectivity index (χ1n) is 10.2. The number of hydrogen-bond donors (Lipinski definition) is 0. The van der Waals surface area contributed by atoms with Gasteiger partial charge < -0.3 is 23.7 Å². The van der Waals surface area contributed by atoms with Gasteiger partial charge in [0, 0.05) is 6.07 Å². The van der Waals surface area contributed by atoms with Crippen LogP contribution in [0.2, 0.25) is 0 Å². The van der Waals surface area contributed by atoms with Gasteiger partial charge in [-0.1, -0.05) is 12.1 Å². The SMILES string of the molecule is COc1cc(/C=C2\Oc3cc(OCc4ccc(F)cc4)cc(C)c3C2=O)cc(OC)c1OC. The van der Waals surface area contributed by atoms with Gasteiger partial charge in [-0.15, -0.1) is 0 Å². The van der Waals surface area contributed by atoms with Crippen molar-refractivity contribution in [2.45, 2.75) is 13.5 Å². The number of Topliss-reactive ketones (excluding diaryl/α,β-unsaturated/α-hetero) is 1. The minimum Gasteiger partial charge on any atom is -0.493 e. The number of hydrogen-bond acceptors (Lipinski definition) is 6. The topological polar surface area (TPSA) is 63.2 Å². The number of rotatable bonds is 7. The Morgan fingerprint density at radius 1 is 0.939 bits per heavy atom. The number of aryl methyl sites for hydroxylation is 1. The smallest absolute Gasteiger partial charge is 0.232 e. The van der Waals surface area contributed by atoms with Crippen molar-refractivity contribution in [2.24, 2.45) is 0 Å². The van der Waals surface area contributed by atoms with E-state index < -0.39 is 0 Å². The van der Waals surface area contributed by atoms with Crippen molar-refractivity contribution in [1.29, 1.82) is 0 Å². The van der Waals surface area contributed by atoms with Crippen LogP contribution < -0.4 is 23.7 Å². The number of methoxy groups -OCH3 is 3. The van der Waals surface area contributed by atoms with Crippen molar-refractivity contribution in [2.75, 3.05) is 21.3 Å². The van der Waals surface area contributed by atoms with E-state index in [0.29, 0.717) is 39.9 Å². The number of allylic oxidation sites excluding steroid dienone is 1. The highest BCUT2D eigenvalue weighted by molar-refractivity contribution is 6.15. The van der Waals surface area contributed by atoms with Gasteiger partial charge in [0.1, 0.15) is 23.9 Å². The monoisotopic (exact) mass is 450 g/mol. The minimum atomic E-state index is -0.301. The largest absolute Gasteiger partial charge is 0.493 e. The van der Waals surface area contributed by atoms with Crippen molar-refractivity contribution in [3.05, 3.63) is 82.4 Å². The summed E-state index contributed by atoms with van der Waals surface area (Å²) in [6, 6.07) is 13.0. The summed E-state index contributed by atoms with van der Waals surface area (Å²) in [5.41, 5.74) is 2.71. The zero-order valence-corrected chi connectivity index (χ0v) is 18.7. The molecule has 0 spiro atoms. The predicted octanol–water partition coefficient (Wildman–Crippen LogP) is 5.36. The summed E-state index contributed by atoms with van der Waals surface area (Å²) in [4.78, 5) is 13.0. The predicted molar refractivity (Wildman–Crippen MR) is 121 cm³/mol. The van der Waals surface area contributed by atoms with E-state index in [1.807, 2.05) is 6.92 Å². The van der Waals surface area contributed by atoms with E-state index in [4.69, 9.17) is 23.7 Å². The fraction of sp³-hybridized carbons (Fsp3) is 0.192. The second-order valence-corrected chi connectivity index (χ2v) is 7.43. The molecule has 6 nitrogen and oxygen atoms in total. The van der Waals surface area contributed by atoms with Crippen LogP contribution in [0.25, 0.3) is 6.08 Å². The molecule has 0 aliphatic carbocycles. The Morgan fingerprint density at radius 2 is 1.61 bits per heavy atom. The summed E-state index contributed by atoms with van der Waals surface area (Å²) in [5, 5.41) is 0. The molecule has 3 aromatic rings. The molecule has 170 valence electrons. The number of fused-ring (bicyclic) bond motifs is 1. The average Bonchev–Trinajstić information content (AvgIpc) is 3.13. The Bertz CT molecular complexity index is 1210. The lowest BCUT2D eigenvalue weighted by Crippen LogP contribution is -2.01. The Balaban J connectivity index is 1.60. The van der Waals surface area contributed by atoms with E-state index in [1.165, 1.54) is 33.5 Å². The van der Waals surface area contributed by atoms with Gasteiger partial charge in [0.25, 0.3) is 0 Å². The summed E-state index contributed by atoms with van der Waals surface area (Å²) < 4.78 is 40.9. The molecular weight excluding hydrogens is 427 g/mol. The van der Waals surface area contributed by atoms with Crippen LogP contribution in [-0.2, 0) is 6.61 Å². The van der Waals surface area contributed by atoms with Crippen LogP contribution in [0.3, 0.4) is 0 Å². The zero-order valence-electron chi connectivity index (χ0n) is 18.7. The highest BCUT2D eigenvalue weighted by atomic mass is 19.1. The molecule has 4 rings (SSSR count). The third-order valence-corrected chi connectivity index (χ3v) is 5.25. The number of benzene rings is 3. The van der Waals surface area contributed by atoms with Crippen LogP contribution in [0.1, 0.15) is 27.0 Å². The molecule has 1 heterocycles. The lowest BCUT2D eigenvalue weighted by atomic mass is 10.0. The number of carbonyl (C=O) groups is 1. The standard InChI is InChI=1S/C26H23FO6/c1-15-9-19(32-14-16-5-7-18(27)8-6-16)13-20-24(15)25(28)21(33-20)10-17-11-22(29-2)26(31-4)23(12-17)30-3/h5-13H,14H2,1-4H3/b21-10-. The average molecular weight is 450 g/mol. The van der Waals surface area contributed by atoms with Gasteiger partial charge in [-0.3, -0.25) is 4.79 Å². The molecule has 0 N–H and O–H groups in total. The van der Waals surface area contributed by atoms with Crippen LogP contribution in [0.5, 0.6) is 28.7 Å². The van der Waals surface area contributed by atoms with Gasteiger partial charge in [-0.05, 0) is 60.0 Å². The van der Waals surface area contributed by atoms with Crippen molar-refractivity contribution in [1.82, 2.24) is 0 Å². The molecule has 0 unspecified atom stereocenters. The minimum absolute atomic E-state index is 0.179. The van der Waals surface area contributed by atoms with Gasteiger partial charge in [-0.25, -0.2) is 4.39 Å². The number of ketones is 1. The number of halogens is 1. The first kappa shape index (κ1) is 22.2. The fourth-order valence-electron chi connectivity index (χ4n) is 3.64. The summed E-state index contributed by atoms with van der Waals surface area (Å²) in [7, 11) is 4.58. The third-order valence-electron chi connectivity index (χ3n) is 5.25. The highest BCUT2D eigenvalue weighted by Crippen LogP contribution is 2.41. The van der Waals surface area contributed by atoms with Crippen LogP contribution in [0.15, 0.2) is 54.3 Å². The van der Waals surface area contributed by atoms with E-state index >= 15 is 0 Å². The second-order valence-electron chi connectivity index (χ2n) is 7.43. The van der Waals surface area contributed by atoms with Crippen LogP contribution in [-0.4, -0.2) is 27.1 Å². The van der Waals surface area contributed by atoms with Crippen molar-refractivity contribution >= 4 is 11.9 Å². The molecule has 0 aromatic heterocycles. The molecule has 0 saturated heterocycles. The Kier molecular flexibility index (Phi) is 6.22. The molecule has 1 aliphatic rings. The quantitative estimate of drug-likeness (QED) is 0.452. The van der Waals surface area contributed by atoms with Crippen LogP contribution >= 0.6 is 0 Å². The molecule has 0 bridgehead atoms. The maximum atomic E-state index is 13.1. The maximum Gasteiger partial charge on any atom is 0.232 e. The van der Waals surface area contributed by atoms with E-state index in [2.05, 4.69) is 0 Å². The Labute approximate surface area is 191 Å². The highest BCUT2D eigenvalue weighted by Gasteiger charge is 2.30. The first-order chi connectivity index (χ1) is 15.9. The Hall–Kier alpha value is -4.00. The van der Waals surface area contributed by atoms with Gasteiger partial charge in [0.05, 0.1) is 26.9 Å². The van der Waals surface area contributed by atoms with E-state index in [9.17, 15) is 9.18 Å². The van der Waals surface area contributed by atoms with Gasteiger partial charge in [0.2, 0.25) is 11.5 Å². The van der Waals surface area contributed by atoms with Gasteiger partial charge in [-0.2, -0.15) is 0 Å². The van der Waals surface area contributed by atoms with Crippen molar-refractivity contribution in [3.63, 3.8) is 0 Å². The molecule has 0 atom stereocenters. The summed E-state index contributed by atoms with van der Waals surface area (Å²) >= 11 is 0. The molecule has 0 fully saturated rings.